The zero-order valence-corrected chi connectivity index (χ0v) is 16.7. The fourth-order valence-electron chi connectivity index (χ4n) is 4.87. The third-order valence-electron chi connectivity index (χ3n) is 6.64. The summed E-state index contributed by atoms with van der Waals surface area (Å²) in [7, 11) is 0. The molecule has 2 heterocycles. The molecule has 0 aromatic heterocycles. The summed E-state index contributed by atoms with van der Waals surface area (Å²) in [5, 5.41) is 3.22. The molecule has 2 aliphatic heterocycles. The van der Waals surface area contributed by atoms with E-state index in [4.69, 9.17) is 0 Å². The highest BCUT2D eigenvalue weighted by Crippen LogP contribution is 2.27. The maximum Gasteiger partial charge on any atom is 0.241 e. The van der Waals surface area contributed by atoms with Gasteiger partial charge in [0.15, 0.2) is 0 Å². The lowest BCUT2D eigenvalue weighted by Crippen LogP contribution is -2.52. The molecule has 152 valence electrons. The molecule has 1 aromatic rings. The zero-order valence-electron chi connectivity index (χ0n) is 16.7. The van der Waals surface area contributed by atoms with Crippen molar-refractivity contribution in [2.45, 2.75) is 70.0 Å². The van der Waals surface area contributed by atoms with Crippen LogP contribution in [-0.4, -0.2) is 41.9 Å². The smallest absolute Gasteiger partial charge is 0.241 e. The van der Waals surface area contributed by atoms with Gasteiger partial charge in [0, 0.05) is 31.1 Å². The summed E-state index contributed by atoms with van der Waals surface area (Å²) in [6.07, 6.45) is 6.89. The molecule has 2 unspecified atom stereocenters. The standard InChI is InChI=1S/C22H32N4O2/c1-15-6-2-5-9-18(15)19-14-20(25-24-19)22(28)26-12-10-17(11-13-26)23-21(27)16-7-3-4-8-16/h2,5-6,9,16-17,19-20,24-25H,3-4,7-8,10-14H2,1H3,(H,23,27). The van der Waals surface area contributed by atoms with E-state index in [9.17, 15) is 9.59 Å². The van der Waals surface area contributed by atoms with E-state index >= 15 is 0 Å². The SMILES string of the molecule is Cc1ccccc1C1CC(C(=O)N2CCC(NC(=O)C3CCCC3)CC2)NN1. The van der Waals surface area contributed by atoms with Crippen LogP contribution >= 0.6 is 0 Å². The Balaban J connectivity index is 1.25. The maximum absolute atomic E-state index is 12.9. The molecule has 3 N–H and O–H groups in total. The van der Waals surface area contributed by atoms with Crippen molar-refractivity contribution in [2.75, 3.05) is 13.1 Å². The first-order chi connectivity index (χ1) is 13.6. The van der Waals surface area contributed by atoms with Crippen molar-refractivity contribution < 1.29 is 9.59 Å². The molecule has 0 bridgehead atoms. The lowest BCUT2D eigenvalue weighted by molar-refractivity contribution is -0.134. The van der Waals surface area contributed by atoms with Crippen LogP contribution in [0.3, 0.4) is 0 Å². The van der Waals surface area contributed by atoms with Gasteiger partial charge in [-0.05, 0) is 50.2 Å². The molecular weight excluding hydrogens is 352 g/mol. The summed E-state index contributed by atoms with van der Waals surface area (Å²) in [6.45, 7) is 3.56. The monoisotopic (exact) mass is 384 g/mol. The van der Waals surface area contributed by atoms with E-state index < -0.39 is 0 Å². The van der Waals surface area contributed by atoms with E-state index in [1.165, 1.54) is 24.0 Å². The van der Waals surface area contributed by atoms with Crippen molar-refractivity contribution in [1.82, 2.24) is 21.1 Å². The number of nitrogens with zero attached hydrogens (tertiary/aromatic N) is 1. The van der Waals surface area contributed by atoms with Crippen molar-refractivity contribution in [3.63, 3.8) is 0 Å². The van der Waals surface area contributed by atoms with Crippen LogP contribution in [0.5, 0.6) is 0 Å². The van der Waals surface area contributed by atoms with E-state index in [0.717, 1.165) is 45.2 Å². The van der Waals surface area contributed by atoms with E-state index in [0.29, 0.717) is 0 Å². The average molecular weight is 385 g/mol. The van der Waals surface area contributed by atoms with E-state index in [1.54, 1.807) is 0 Å². The Morgan fingerprint density at radius 3 is 2.46 bits per heavy atom. The Hall–Kier alpha value is -1.92. The number of amides is 2. The lowest BCUT2D eigenvalue weighted by Gasteiger charge is -2.34. The predicted octanol–water partition coefficient (Wildman–Crippen LogP) is 2.20. The molecule has 28 heavy (non-hydrogen) atoms. The number of likely N-dealkylation sites (tertiary alicyclic amines) is 1. The van der Waals surface area contributed by atoms with Gasteiger partial charge >= 0.3 is 0 Å². The Morgan fingerprint density at radius 1 is 1.04 bits per heavy atom. The molecule has 1 aromatic carbocycles. The molecular formula is C22H32N4O2. The van der Waals surface area contributed by atoms with Gasteiger partial charge in [-0.3, -0.25) is 9.59 Å². The van der Waals surface area contributed by atoms with Crippen molar-refractivity contribution in [3.05, 3.63) is 35.4 Å². The van der Waals surface area contributed by atoms with Gasteiger partial charge in [0.1, 0.15) is 6.04 Å². The highest BCUT2D eigenvalue weighted by Gasteiger charge is 2.35. The van der Waals surface area contributed by atoms with Crippen LogP contribution < -0.4 is 16.2 Å². The fourth-order valence-corrected chi connectivity index (χ4v) is 4.87. The molecule has 1 aliphatic carbocycles. The first-order valence-corrected chi connectivity index (χ1v) is 10.8. The average Bonchev–Trinajstić information content (AvgIpc) is 3.41. The third-order valence-corrected chi connectivity index (χ3v) is 6.64. The summed E-state index contributed by atoms with van der Waals surface area (Å²) in [5.74, 6) is 0.612. The second-order valence-corrected chi connectivity index (χ2v) is 8.58. The van der Waals surface area contributed by atoms with Crippen LogP contribution in [0.25, 0.3) is 0 Å². The lowest BCUT2D eigenvalue weighted by atomic mass is 9.96. The minimum Gasteiger partial charge on any atom is -0.353 e. The number of aryl methyl sites for hydroxylation is 1. The van der Waals surface area contributed by atoms with Crippen LogP contribution in [0.1, 0.15) is 62.1 Å². The predicted molar refractivity (Wildman–Crippen MR) is 108 cm³/mol. The number of hydrazine groups is 1. The van der Waals surface area contributed by atoms with Gasteiger partial charge in [-0.2, -0.15) is 0 Å². The largest absolute Gasteiger partial charge is 0.353 e. The van der Waals surface area contributed by atoms with Crippen LogP contribution in [0, 0.1) is 12.8 Å². The summed E-state index contributed by atoms with van der Waals surface area (Å²) in [6, 6.07) is 8.51. The van der Waals surface area contributed by atoms with E-state index in [1.807, 2.05) is 17.0 Å². The van der Waals surface area contributed by atoms with Gasteiger partial charge in [0.2, 0.25) is 11.8 Å². The molecule has 0 spiro atoms. The maximum atomic E-state index is 12.9. The third kappa shape index (κ3) is 4.23. The fraction of sp³-hybridized carbons (Fsp3) is 0.636. The Kier molecular flexibility index (Phi) is 5.97. The van der Waals surface area contributed by atoms with Gasteiger partial charge in [0.05, 0.1) is 0 Å². The van der Waals surface area contributed by atoms with E-state index in [-0.39, 0.29) is 35.9 Å². The summed E-state index contributed by atoms with van der Waals surface area (Å²) in [4.78, 5) is 27.2. The normalized spacial score (nSPS) is 26.5. The van der Waals surface area contributed by atoms with Crippen molar-refractivity contribution in [1.29, 1.82) is 0 Å². The number of hydrogen-bond acceptors (Lipinski definition) is 4. The van der Waals surface area contributed by atoms with Gasteiger partial charge in [-0.1, -0.05) is 37.1 Å². The van der Waals surface area contributed by atoms with Crippen LogP contribution in [0.4, 0.5) is 0 Å². The first-order valence-electron chi connectivity index (χ1n) is 10.8. The number of piperidine rings is 1. The number of hydrogen-bond donors (Lipinski definition) is 3. The van der Waals surface area contributed by atoms with Gasteiger partial charge < -0.3 is 10.2 Å². The second-order valence-electron chi connectivity index (χ2n) is 8.58. The molecule has 2 amide bonds. The Morgan fingerprint density at radius 2 is 1.75 bits per heavy atom. The van der Waals surface area contributed by atoms with E-state index in [2.05, 4.69) is 35.2 Å². The van der Waals surface area contributed by atoms with Gasteiger partial charge in [-0.15, -0.1) is 0 Å². The highest BCUT2D eigenvalue weighted by molar-refractivity contribution is 5.82. The number of rotatable bonds is 4. The highest BCUT2D eigenvalue weighted by atomic mass is 16.2. The molecule has 2 saturated heterocycles. The minimum absolute atomic E-state index is 0.165. The number of nitrogens with one attached hydrogen (secondary N) is 3. The van der Waals surface area contributed by atoms with Crippen LogP contribution in [0.15, 0.2) is 24.3 Å². The minimum atomic E-state index is -0.186. The Labute approximate surface area is 167 Å². The number of benzene rings is 1. The van der Waals surface area contributed by atoms with Crippen molar-refractivity contribution in [3.8, 4) is 0 Å². The topological polar surface area (TPSA) is 73.5 Å². The molecule has 6 heteroatoms. The van der Waals surface area contributed by atoms with Crippen molar-refractivity contribution in [2.24, 2.45) is 5.92 Å². The van der Waals surface area contributed by atoms with Crippen molar-refractivity contribution >= 4 is 11.8 Å². The van der Waals surface area contributed by atoms with Crippen LogP contribution in [0.2, 0.25) is 0 Å². The molecule has 3 aliphatic rings. The van der Waals surface area contributed by atoms with Crippen LogP contribution in [-0.2, 0) is 9.59 Å². The summed E-state index contributed by atoms with van der Waals surface area (Å²) >= 11 is 0. The molecule has 1 saturated carbocycles. The number of carbonyl (C=O) groups is 2. The number of carbonyl (C=O) groups excluding carboxylic acids is 2. The Bertz CT molecular complexity index is 708. The van der Waals surface area contributed by atoms with Gasteiger partial charge in [0.25, 0.3) is 0 Å². The molecule has 3 fully saturated rings. The first kappa shape index (κ1) is 19.4. The molecule has 6 nitrogen and oxygen atoms in total. The molecule has 4 rings (SSSR count). The molecule has 0 radical (unpaired) electrons. The summed E-state index contributed by atoms with van der Waals surface area (Å²) in [5.41, 5.74) is 8.99. The quantitative estimate of drug-likeness (QED) is 0.744. The zero-order chi connectivity index (χ0) is 19.5. The van der Waals surface area contributed by atoms with Gasteiger partial charge in [-0.25, -0.2) is 10.9 Å². The summed E-state index contributed by atoms with van der Waals surface area (Å²) < 4.78 is 0. The second kappa shape index (κ2) is 8.62. The molecule has 2 atom stereocenters.